The first kappa shape index (κ1) is 26.0. The van der Waals surface area contributed by atoms with E-state index in [2.05, 4.69) is 19.8 Å². The highest BCUT2D eigenvalue weighted by atomic mass is 32.2. The van der Waals surface area contributed by atoms with Crippen LogP contribution in [-0.2, 0) is 30.5 Å². The van der Waals surface area contributed by atoms with Crippen LogP contribution in [-0.4, -0.2) is 74.1 Å². The van der Waals surface area contributed by atoms with Gasteiger partial charge in [0.15, 0.2) is 24.1 Å². The van der Waals surface area contributed by atoms with E-state index in [0.29, 0.717) is 12.3 Å². The molecule has 194 valence electrons. The zero-order valence-electron chi connectivity index (χ0n) is 19.4. The van der Waals surface area contributed by atoms with Gasteiger partial charge in [-0.3, -0.25) is 9.59 Å². The van der Waals surface area contributed by atoms with Gasteiger partial charge in [-0.2, -0.15) is 9.36 Å². The Morgan fingerprint density at radius 3 is 2.76 bits per heavy atom. The van der Waals surface area contributed by atoms with Gasteiger partial charge in [0, 0.05) is 46.8 Å². The second kappa shape index (κ2) is 11.3. The number of aromatic carboxylic acids is 1. The van der Waals surface area contributed by atoms with Crippen LogP contribution in [0.2, 0.25) is 0 Å². The number of oxime groups is 1. The number of carboxylic acids is 1. The molecule has 4 heterocycles. The molecule has 2 aromatic rings. The van der Waals surface area contributed by atoms with Gasteiger partial charge < -0.3 is 35.4 Å². The minimum absolute atomic E-state index is 0.0737. The minimum Gasteiger partial charge on any atom is -0.545 e. The van der Waals surface area contributed by atoms with Crippen LogP contribution in [0.5, 0.6) is 0 Å². The zero-order chi connectivity index (χ0) is 26.5. The molecule has 4 rings (SSSR count). The van der Waals surface area contributed by atoms with Gasteiger partial charge in [-0.1, -0.05) is 5.16 Å². The fourth-order valence-electron chi connectivity index (χ4n) is 3.46. The van der Waals surface area contributed by atoms with E-state index in [1.54, 1.807) is 30.1 Å². The Hall–Kier alpha value is -4.05. The third-order valence-electron chi connectivity index (χ3n) is 5.15. The van der Waals surface area contributed by atoms with E-state index in [1.165, 1.54) is 28.8 Å². The third-order valence-corrected chi connectivity index (χ3v) is 7.07. The summed E-state index contributed by atoms with van der Waals surface area (Å²) in [6, 6.07) is 2.06. The summed E-state index contributed by atoms with van der Waals surface area (Å²) in [6.45, 7) is 1.73. The van der Waals surface area contributed by atoms with Crippen LogP contribution in [0.25, 0.3) is 0 Å². The summed E-state index contributed by atoms with van der Waals surface area (Å²) in [5.74, 6) is -2.53. The van der Waals surface area contributed by atoms with E-state index in [0.717, 1.165) is 17.1 Å². The second-order valence-electron chi connectivity index (χ2n) is 7.71. The summed E-state index contributed by atoms with van der Waals surface area (Å²) >= 11 is 2.31. The van der Waals surface area contributed by atoms with Gasteiger partial charge in [-0.15, -0.1) is 11.8 Å². The average molecular weight is 548 g/mol. The molecular weight excluding hydrogens is 526 g/mol. The van der Waals surface area contributed by atoms with Crippen LogP contribution >= 0.6 is 23.3 Å². The molecule has 16 heteroatoms. The molecule has 14 nitrogen and oxygen atoms in total. The molecular formula is C21H21N7O7S2. The molecule has 0 aromatic carbocycles. The summed E-state index contributed by atoms with van der Waals surface area (Å²) in [5, 5.41) is 17.0. The van der Waals surface area contributed by atoms with Crippen molar-refractivity contribution in [3.63, 3.8) is 0 Å². The first-order valence-corrected chi connectivity index (χ1v) is 12.7. The molecule has 0 aliphatic carbocycles. The number of thioether (sulfide) groups is 1. The number of nitrogens with one attached hydrogen (secondary N) is 1. The van der Waals surface area contributed by atoms with Crippen LogP contribution in [0.3, 0.4) is 0 Å². The normalized spacial score (nSPS) is 18.8. The van der Waals surface area contributed by atoms with Crippen LogP contribution < -0.4 is 20.7 Å². The lowest BCUT2D eigenvalue weighted by Gasteiger charge is -2.47. The number of esters is 1. The highest BCUT2D eigenvalue weighted by Crippen LogP contribution is 2.36. The number of ether oxygens (including phenoxy) is 1. The van der Waals surface area contributed by atoms with Crippen molar-refractivity contribution in [2.24, 2.45) is 5.16 Å². The molecule has 2 aliphatic heterocycles. The highest BCUT2D eigenvalue weighted by Gasteiger charge is 2.50. The van der Waals surface area contributed by atoms with Crippen LogP contribution in [0.15, 0.2) is 41.5 Å². The minimum atomic E-state index is -1.26. The number of carbonyl (C=O) groups is 4. The summed E-state index contributed by atoms with van der Waals surface area (Å²) < 4.78 is 10.5. The van der Waals surface area contributed by atoms with E-state index in [1.807, 2.05) is 0 Å². The largest absolute Gasteiger partial charge is 0.545 e. The smallest absolute Gasteiger partial charge is 0.347 e. The lowest BCUT2D eigenvalue weighted by Crippen LogP contribution is -2.69. The fraction of sp³-hybridized carbons (Fsp3) is 0.333. The summed E-state index contributed by atoms with van der Waals surface area (Å²) in [4.78, 5) is 58.5. The second-order valence-corrected chi connectivity index (χ2v) is 9.60. The van der Waals surface area contributed by atoms with Crippen molar-refractivity contribution in [1.29, 1.82) is 0 Å². The number of nitrogens with two attached hydrogens (primary N) is 1. The van der Waals surface area contributed by atoms with Gasteiger partial charge in [0.05, 0.1) is 12.6 Å². The zero-order valence-corrected chi connectivity index (χ0v) is 21.0. The molecule has 0 saturated carbocycles. The lowest BCUT2D eigenvalue weighted by molar-refractivity contribution is -0.689. The van der Waals surface area contributed by atoms with E-state index in [9.17, 15) is 24.3 Å². The molecule has 2 amide bonds. The number of hydrogen-bond acceptors (Lipinski definition) is 13. The Morgan fingerprint density at radius 2 is 2.11 bits per heavy atom. The summed E-state index contributed by atoms with van der Waals surface area (Å²) in [6.07, 6.45) is 4.97. The first-order valence-electron chi connectivity index (χ1n) is 10.9. The third kappa shape index (κ3) is 6.03. The van der Waals surface area contributed by atoms with Gasteiger partial charge in [0.25, 0.3) is 11.8 Å². The number of nitrogen functional groups attached to an aromatic ring is 1. The van der Waals surface area contributed by atoms with Gasteiger partial charge >= 0.3 is 5.97 Å². The highest BCUT2D eigenvalue weighted by molar-refractivity contribution is 8.00. The fourth-order valence-corrected chi connectivity index (χ4v) is 5.14. The quantitative estimate of drug-likeness (QED) is 0.110. The molecule has 1 unspecified atom stereocenters. The molecule has 2 aliphatic rings. The maximum absolute atomic E-state index is 13.0. The summed E-state index contributed by atoms with van der Waals surface area (Å²) in [5.41, 5.74) is 6.28. The maximum Gasteiger partial charge on any atom is 0.347 e. The average Bonchev–Trinajstić information content (AvgIpc) is 3.31. The predicted octanol–water partition coefficient (Wildman–Crippen LogP) is -1.96. The van der Waals surface area contributed by atoms with Crippen molar-refractivity contribution in [3.05, 3.63) is 47.7 Å². The van der Waals surface area contributed by atoms with Crippen molar-refractivity contribution in [3.8, 4) is 0 Å². The van der Waals surface area contributed by atoms with E-state index in [4.69, 9.17) is 15.3 Å². The molecule has 1 fully saturated rings. The van der Waals surface area contributed by atoms with Gasteiger partial charge in [0.1, 0.15) is 11.4 Å². The standard InChI is InChI=1S/C21H21N7O7S2/c1-2-34-13(29)9-35-25-14(16-24-21(22)37-26-16)17(30)23-15-18(31)28-8-11(10-36-19(15)28)7-27-5-3-12(4-6-27)20(32)33/h3-6,8,15,19H,2,7,9-10H2,1H3,(H3-,22,23,24,26,30,32,33)/t15?,19-/m0/s1. The van der Waals surface area contributed by atoms with Crippen molar-refractivity contribution < 1.29 is 38.4 Å². The Labute approximate surface area is 218 Å². The Bertz CT molecular complexity index is 1280. The number of anilines is 1. The molecule has 0 bridgehead atoms. The number of β-lactam (4-membered cyclic amide) rings is 1. The molecule has 0 spiro atoms. The van der Waals surface area contributed by atoms with E-state index < -0.39 is 30.5 Å². The molecule has 2 atom stereocenters. The first-order chi connectivity index (χ1) is 17.8. The van der Waals surface area contributed by atoms with Crippen molar-refractivity contribution in [2.45, 2.75) is 24.9 Å². The number of hydrogen-bond donors (Lipinski definition) is 2. The Morgan fingerprint density at radius 1 is 1.35 bits per heavy atom. The van der Waals surface area contributed by atoms with Crippen molar-refractivity contribution >= 4 is 57.9 Å². The summed E-state index contributed by atoms with van der Waals surface area (Å²) in [7, 11) is 0. The molecule has 0 radical (unpaired) electrons. The number of aromatic nitrogens is 3. The SMILES string of the molecule is CCOC(=O)CON=C(C(=O)NC1C(=O)N2C=C(C[n+]3ccc(C(=O)[O-])cc3)CS[C@@H]12)c1nsc(N)n1. The number of amides is 2. The number of fused-ring (bicyclic) bond motifs is 1. The van der Waals surface area contributed by atoms with Crippen molar-refractivity contribution in [1.82, 2.24) is 19.6 Å². The van der Waals surface area contributed by atoms with Gasteiger partial charge in [0.2, 0.25) is 18.1 Å². The Balaban J connectivity index is 1.40. The molecule has 1 saturated heterocycles. The van der Waals surface area contributed by atoms with Crippen molar-refractivity contribution in [2.75, 3.05) is 24.7 Å². The van der Waals surface area contributed by atoms with Gasteiger partial charge in [-0.05, 0) is 6.92 Å². The Kier molecular flexibility index (Phi) is 7.98. The number of nitrogens with zero attached hydrogens (tertiary/aromatic N) is 5. The molecule has 2 aromatic heterocycles. The molecule has 37 heavy (non-hydrogen) atoms. The predicted molar refractivity (Wildman–Crippen MR) is 128 cm³/mol. The van der Waals surface area contributed by atoms with Crippen LogP contribution in [0.1, 0.15) is 23.1 Å². The lowest BCUT2D eigenvalue weighted by atomic mass is 10.1. The number of rotatable bonds is 10. The molecule has 3 N–H and O–H groups in total. The van der Waals surface area contributed by atoms with Crippen LogP contribution in [0.4, 0.5) is 5.13 Å². The number of pyridine rings is 1. The van der Waals surface area contributed by atoms with Gasteiger partial charge in [-0.25, -0.2) is 9.36 Å². The monoisotopic (exact) mass is 547 g/mol. The van der Waals surface area contributed by atoms with E-state index in [-0.39, 0.29) is 40.1 Å². The van der Waals surface area contributed by atoms with Crippen LogP contribution in [0, 0.1) is 0 Å². The number of carbonyl (C=O) groups excluding carboxylic acids is 4. The topological polar surface area (TPSA) is 193 Å². The number of carboxylic acid groups (broad SMARTS) is 1. The van der Waals surface area contributed by atoms with E-state index >= 15 is 0 Å². The maximum atomic E-state index is 13.0.